The highest BCUT2D eigenvalue weighted by atomic mass is 16.6. The fourth-order valence-corrected chi connectivity index (χ4v) is 2.08. The molecule has 7 nitrogen and oxygen atoms in total. The van der Waals surface area contributed by atoms with Crippen LogP contribution in [0.15, 0.2) is 24.3 Å². The lowest BCUT2D eigenvalue weighted by molar-refractivity contribution is -0.384. The number of nitrogens with zero attached hydrogens (tertiary/aromatic N) is 1. The van der Waals surface area contributed by atoms with Gasteiger partial charge in [-0.2, -0.15) is 0 Å². The summed E-state index contributed by atoms with van der Waals surface area (Å²) in [6.07, 6.45) is 0.724. The number of amides is 1. The predicted molar refractivity (Wildman–Crippen MR) is 84.7 cm³/mol. The summed E-state index contributed by atoms with van der Waals surface area (Å²) >= 11 is 0. The van der Waals surface area contributed by atoms with Crippen LogP contribution in [0.1, 0.15) is 26.7 Å². The molecule has 0 spiro atoms. The number of hydrogen-bond acceptors (Lipinski definition) is 5. The van der Waals surface area contributed by atoms with Crippen LogP contribution in [0.4, 0.5) is 11.4 Å². The quantitative estimate of drug-likeness (QED) is 0.477. The van der Waals surface area contributed by atoms with Crippen LogP contribution in [0.25, 0.3) is 0 Å². The summed E-state index contributed by atoms with van der Waals surface area (Å²) in [6.45, 7) is 4.29. The highest BCUT2D eigenvalue weighted by molar-refractivity contribution is 5.77. The predicted octanol–water partition coefficient (Wildman–Crippen LogP) is 1.92. The van der Waals surface area contributed by atoms with Gasteiger partial charge < -0.3 is 15.7 Å². The van der Waals surface area contributed by atoms with Crippen molar-refractivity contribution in [3.05, 3.63) is 34.4 Å². The van der Waals surface area contributed by atoms with Gasteiger partial charge in [-0.1, -0.05) is 26.0 Å². The van der Waals surface area contributed by atoms with Gasteiger partial charge in [-0.3, -0.25) is 14.9 Å². The Kier molecular flexibility index (Phi) is 7.31. The highest BCUT2D eigenvalue weighted by Crippen LogP contribution is 2.22. The van der Waals surface area contributed by atoms with Crippen molar-refractivity contribution in [1.29, 1.82) is 0 Å². The molecule has 0 aliphatic heterocycles. The zero-order chi connectivity index (χ0) is 16.5. The summed E-state index contributed by atoms with van der Waals surface area (Å²) in [4.78, 5) is 22.3. The monoisotopic (exact) mass is 309 g/mol. The van der Waals surface area contributed by atoms with Crippen molar-refractivity contribution in [2.75, 3.05) is 18.5 Å². The van der Waals surface area contributed by atoms with E-state index in [-0.39, 0.29) is 36.6 Å². The third kappa shape index (κ3) is 5.69. The van der Waals surface area contributed by atoms with Gasteiger partial charge in [-0.25, -0.2) is 0 Å². The van der Waals surface area contributed by atoms with Crippen LogP contribution < -0.4 is 10.6 Å². The van der Waals surface area contributed by atoms with Gasteiger partial charge in [0.2, 0.25) is 5.91 Å². The normalized spacial score (nSPS) is 12.0. The van der Waals surface area contributed by atoms with E-state index >= 15 is 0 Å². The number of nitrogens with one attached hydrogen (secondary N) is 2. The zero-order valence-electron chi connectivity index (χ0n) is 12.9. The first kappa shape index (κ1) is 17.9. The van der Waals surface area contributed by atoms with Crippen LogP contribution in [0.3, 0.4) is 0 Å². The Morgan fingerprint density at radius 3 is 2.64 bits per heavy atom. The first-order valence-electron chi connectivity index (χ1n) is 7.33. The number of rotatable bonds is 9. The zero-order valence-corrected chi connectivity index (χ0v) is 12.9. The molecule has 0 aliphatic rings. The number of nitro benzene ring substituents is 1. The van der Waals surface area contributed by atoms with E-state index < -0.39 is 4.92 Å². The smallest absolute Gasteiger partial charge is 0.292 e. The van der Waals surface area contributed by atoms with Crippen molar-refractivity contribution in [2.24, 2.45) is 5.92 Å². The van der Waals surface area contributed by atoms with E-state index in [1.807, 2.05) is 13.8 Å². The van der Waals surface area contributed by atoms with E-state index in [9.17, 15) is 14.9 Å². The molecule has 1 rings (SSSR count). The number of carbonyl (C=O) groups is 1. The van der Waals surface area contributed by atoms with Crippen LogP contribution in [0.5, 0.6) is 0 Å². The van der Waals surface area contributed by atoms with Gasteiger partial charge in [-0.05, 0) is 18.4 Å². The second-order valence-electron chi connectivity index (χ2n) is 5.38. The molecule has 0 heterocycles. The SMILES string of the molecule is CC(C)C(CCO)NC(=O)CCNc1ccccc1[N+](=O)[O-]. The molecule has 7 heteroatoms. The highest BCUT2D eigenvalue weighted by Gasteiger charge is 2.16. The molecule has 0 saturated heterocycles. The molecule has 122 valence electrons. The maximum Gasteiger partial charge on any atom is 0.292 e. The summed E-state index contributed by atoms with van der Waals surface area (Å²) in [5.41, 5.74) is 0.388. The molecule has 3 N–H and O–H groups in total. The van der Waals surface area contributed by atoms with Gasteiger partial charge in [-0.15, -0.1) is 0 Å². The molecule has 1 unspecified atom stereocenters. The Morgan fingerprint density at radius 1 is 1.36 bits per heavy atom. The van der Waals surface area contributed by atoms with Crippen molar-refractivity contribution < 1.29 is 14.8 Å². The average Bonchev–Trinajstić information content (AvgIpc) is 2.47. The molecule has 1 aromatic carbocycles. The Hall–Kier alpha value is -2.15. The molecule has 0 aromatic heterocycles. The summed E-state index contributed by atoms with van der Waals surface area (Å²) in [5.74, 6) is 0.0949. The maximum absolute atomic E-state index is 11.9. The second-order valence-corrected chi connectivity index (χ2v) is 5.38. The lowest BCUT2D eigenvalue weighted by Gasteiger charge is -2.21. The van der Waals surface area contributed by atoms with Crippen LogP contribution in [-0.2, 0) is 4.79 Å². The lowest BCUT2D eigenvalue weighted by atomic mass is 10.0. The molecule has 0 radical (unpaired) electrons. The fraction of sp³-hybridized carbons (Fsp3) is 0.533. The number of benzene rings is 1. The van der Waals surface area contributed by atoms with Gasteiger partial charge in [0.1, 0.15) is 5.69 Å². The van der Waals surface area contributed by atoms with Gasteiger partial charge in [0.25, 0.3) is 5.69 Å². The summed E-state index contributed by atoms with van der Waals surface area (Å²) in [6, 6.07) is 6.25. The van der Waals surface area contributed by atoms with Gasteiger partial charge >= 0.3 is 0 Å². The Bertz CT molecular complexity index is 505. The van der Waals surface area contributed by atoms with E-state index in [0.717, 1.165) is 0 Å². The van der Waals surface area contributed by atoms with E-state index in [4.69, 9.17) is 5.11 Å². The van der Waals surface area contributed by atoms with Crippen molar-refractivity contribution in [3.8, 4) is 0 Å². The van der Waals surface area contributed by atoms with Crippen LogP contribution >= 0.6 is 0 Å². The van der Waals surface area contributed by atoms with Gasteiger partial charge in [0.15, 0.2) is 0 Å². The largest absolute Gasteiger partial charge is 0.396 e. The maximum atomic E-state index is 11.9. The molecule has 0 saturated carbocycles. The minimum absolute atomic E-state index is 0.0109. The Labute approximate surface area is 129 Å². The number of aliphatic hydroxyl groups excluding tert-OH is 1. The van der Waals surface area contributed by atoms with E-state index in [2.05, 4.69) is 10.6 Å². The number of carbonyl (C=O) groups excluding carboxylic acids is 1. The Morgan fingerprint density at radius 2 is 2.05 bits per heavy atom. The second kappa shape index (κ2) is 8.99. The molecule has 0 aliphatic carbocycles. The topological polar surface area (TPSA) is 104 Å². The van der Waals surface area contributed by atoms with Crippen LogP contribution in [0, 0.1) is 16.0 Å². The molecule has 1 amide bonds. The fourth-order valence-electron chi connectivity index (χ4n) is 2.08. The number of aliphatic hydroxyl groups is 1. The van der Waals surface area contributed by atoms with Crippen molar-refractivity contribution >= 4 is 17.3 Å². The molecule has 1 aromatic rings. The molecular formula is C15H23N3O4. The van der Waals surface area contributed by atoms with Crippen molar-refractivity contribution in [1.82, 2.24) is 5.32 Å². The molecule has 22 heavy (non-hydrogen) atoms. The molecule has 0 fully saturated rings. The number of nitro groups is 1. The van der Waals surface area contributed by atoms with Crippen LogP contribution in [0.2, 0.25) is 0 Å². The standard InChI is InChI=1S/C15H23N3O4/c1-11(2)12(8-10-19)17-15(20)7-9-16-13-5-3-4-6-14(13)18(21)22/h3-6,11-12,16,19H,7-10H2,1-2H3,(H,17,20). The first-order valence-corrected chi connectivity index (χ1v) is 7.33. The summed E-state index contributed by atoms with van der Waals surface area (Å²) in [5, 5.41) is 25.6. The minimum Gasteiger partial charge on any atom is -0.396 e. The molecule has 0 bridgehead atoms. The third-order valence-electron chi connectivity index (χ3n) is 3.36. The Balaban J connectivity index is 2.47. The minimum atomic E-state index is -0.460. The van der Waals surface area contributed by atoms with Gasteiger partial charge in [0.05, 0.1) is 4.92 Å². The van der Waals surface area contributed by atoms with E-state index in [1.54, 1.807) is 18.2 Å². The van der Waals surface area contributed by atoms with E-state index in [0.29, 0.717) is 18.7 Å². The average molecular weight is 309 g/mol. The lowest BCUT2D eigenvalue weighted by Crippen LogP contribution is -2.39. The third-order valence-corrected chi connectivity index (χ3v) is 3.36. The van der Waals surface area contributed by atoms with Crippen molar-refractivity contribution in [2.45, 2.75) is 32.7 Å². The first-order chi connectivity index (χ1) is 10.5. The molecule has 1 atom stereocenters. The summed E-state index contributed by atoms with van der Waals surface area (Å²) < 4.78 is 0. The van der Waals surface area contributed by atoms with Crippen LogP contribution in [-0.4, -0.2) is 35.1 Å². The summed E-state index contributed by atoms with van der Waals surface area (Å²) in [7, 11) is 0. The number of hydrogen-bond donors (Lipinski definition) is 3. The molecular weight excluding hydrogens is 286 g/mol. The number of para-hydroxylation sites is 2. The van der Waals surface area contributed by atoms with Crippen molar-refractivity contribution in [3.63, 3.8) is 0 Å². The number of anilines is 1. The van der Waals surface area contributed by atoms with E-state index in [1.165, 1.54) is 6.07 Å². The van der Waals surface area contributed by atoms with Gasteiger partial charge in [0, 0.05) is 31.7 Å².